The van der Waals surface area contributed by atoms with E-state index in [2.05, 4.69) is 9.37 Å². The smallest absolute Gasteiger partial charge is 0.298 e. The van der Waals surface area contributed by atoms with E-state index >= 15 is 0 Å². The van der Waals surface area contributed by atoms with Gasteiger partial charge in [0, 0.05) is 4.90 Å². The second kappa shape index (κ2) is 12.4. The summed E-state index contributed by atoms with van der Waals surface area (Å²) < 4.78 is 102. The van der Waals surface area contributed by atoms with Crippen LogP contribution in [0.2, 0.25) is 0 Å². The molecule has 2 N–H and O–H groups in total. The maximum atomic E-state index is 13.3. The minimum Gasteiger partial charge on any atom is -0.497 e. The first-order valence-electron chi connectivity index (χ1n) is 11.6. The SMILES string of the molecule is COc1ccc(S(=O)(=O)c2ccc(Oc3ccc(S(=O)(=O)c4ccc(C)c(SOOO)c4)cc3S(=O)(=O)O)cc2)cc1. The van der Waals surface area contributed by atoms with Crippen LogP contribution in [0.15, 0.2) is 114 Å². The first kappa shape index (κ1) is 31.5. The molecule has 4 rings (SSSR count). The molecular formula is C26H22O12S4. The van der Waals surface area contributed by atoms with Gasteiger partial charge in [-0.1, -0.05) is 11.1 Å². The minimum atomic E-state index is -4.98. The van der Waals surface area contributed by atoms with Crippen molar-refractivity contribution in [3.05, 3.63) is 90.5 Å². The quantitative estimate of drug-likeness (QED) is 0.0941. The zero-order valence-corrected chi connectivity index (χ0v) is 25.0. The third-order valence-electron chi connectivity index (χ3n) is 5.86. The van der Waals surface area contributed by atoms with E-state index in [0.29, 0.717) is 23.4 Å². The summed E-state index contributed by atoms with van der Waals surface area (Å²) in [7, 11) is -11.7. The molecule has 0 bridgehead atoms. The molecule has 0 aromatic heterocycles. The van der Waals surface area contributed by atoms with Crippen LogP contribution in [0.3, 0.4) is 0 Å². The Kier molecular flexibility index (Phi) is 9.29. The van der Waals surface area contributed by atoms with Crippen molar-refractivity contribution in [1.29, 1.82) is 0 Å². The maximum Gasteiger partial charge on any atom is 0.298 e. The summed E-state index contributed by atoms with van der Waals surface area (Å²) >= 11 is 0.551. The third-order valence-corrected chi connectivity index (χ3v) is 11.0. The molecule has 0 unspecified atom stereocenters. The van der Waals surface area contributed by atoms with Crippen molar-refractivity contribution in [3.8, 4) is 17.2 Å². The molecule has 12 nitrogen and oxygen atoms in total. The highest BCUT2D eigenvalue weighted by Crippen LogP contribution is 2.35. The van der Waals surface area contributed by atoms with Crippen molar-refractivity contribution in [1.82, 2.24) is 0 Å². The molecule has 42 heavy (non-hydrogen) atoms. The second-order valence-electron chi connectivity index (χ2n) is 8.49. The standard InChI is InChI=1S/C26H22O12S4/c1-17-3-8-22(15-25(17)39-38-37-27)41(30,31)23-13-14-24(26(16-23)42(32,33)34)36-19-6-11-21(12-7-19)40(28,29)20-9-4-18(35-2)5-10-20/h3-16,27H,1-2H3,(H,32,33,34). The fourth-order valence-electron chi connectivity index (χ4n) is 3.67. The number of hydrogen-bond acceptors (Lipinski definition) is 12. The van der Waals surface area contributed by atoms with E-state index in [0.717, 1.165) is 18.2 Å². The Hall–Kier alpha value is -3.48. The summed E-state index contributed by atoms with van der Waals surface area (Å²) in [5.74, 6) is 0.0860. The van der Waals surface area contributed by atoms with Crippen LogP contribution in [0.5, 0.6) is 17.2 Å². The molecule has 4 aromatic rings. The molecule has 16 heteroatoms. The van der Waals surface area contributed by atoms with Crippen LogP contribution in [0.4, 0.5) is 0 Å². The molecular weight excluding hydrogens is 633 g/mol. The Morgan fingerprint density at radius 2 is 1.17 bits per heavy atom. The fraction of sp³-hybridized carbons (Fsp3) is 0.0769. The highest BCUT2D eigenvalue weighted by molar-refractivity contribution is 7.94. The summed E-state index contributed by atoms with van der Waals surface area (Å²) in [4.78, 5) is -1.29. The van der Waals surface area contributed by atoms with E-state index in [-0.39, 0.29) is 25.3 Å². The molecule has 0 aliphatic rings. The highest BCUT2D eigenvalue weighted by atomic mass is 32.2. The van der Waals surface area contributed by atoms with Gasteiger partial charge in [0.1, 0.15) is 22.1 Å². The van der Waals surface area contributed by atoms with Gasteiger partial charge in [0.15, 0.2) is 0 Å². The molecule has 0 aliphatic carbocycles. The number of sulfone groups is 2. The molecule has 0 saturated carbocycles. The zero-order valence-electron chi connectivity index (χ0n) is 21.7. The van der Waals surface area contributed by atoms with Gasteiger partial charge in [0.2, 0.25) is 19.7 Å². The minimum absolute atomic E-state index is 0.00971. The van der Waals surface area contributed by atoms with E-state index in [9.17, 15) is 29.8 Å². The van der Waals surface area contributed by atoms with Crippen LogP contribution in [0.25, 0.3) is 0 Å². The molecule has 0 saturated heterocycles. The number of ether oxygens (including phenoxy) is 2. The van der Waals surface area contributed by atoms with Crippen LogP contribution >= 0.6 is 12.0 Å². The number of methoxy groups -OCH3 is 1. The maximum absolute atomic E-state index is 13.3. The van der Waals surface area contributed by atoms with Crippen molar-refractivity contribution < 1.29 is 53.9 Å². The number of rotatable bonds is 11. The summed E-state index contributed by atoms with van der Waals surface area (Å²) in [6.07, 6.45) is 0. The predicted molar refractivity (Wildman–Crippen MR) is 149 cm³/mol. The average molecular weight is 655 g/mol. The third kappa shape index (κ3) is 6.77. The van der Waals surface area contributed by atoms with Crippen molar-refractivity contribution in [2.24, 2.45) is 0 Å². The van der Waals surface area contributed by atoms with Gasteiger partial charge in [0.05, 0.1) is 38.7 Å². The van der Waals surface area contributed by atoms with E-state index in [1.54, 1.807) is 6.92 Å². The molecule has 222 valence electrons. The first-order valence-corrected chi connectivity index (χ1v) is 16.7. The second-order valence-corrected chi connectivity index (χ2v) is 14.5. The molecule has 0 fully saturated rings. The van der Waals surface area contributed by atoms with Crippen LogP contribution in [-0.4, -0.2) is 42.2 Å². The van der Waals surface area contributed by atoms with Gasteiger partial charge in [-0.2, -0.15) is 8.42 Å². The number of benzene rings is 4. The van der Waals surface area contributed by atoms with Gasteiger partial charge in [-0.25, -0.2) is 22.1 Å². The van der Waals surface area contributed by atoms with Gasteiger partial charge in [-0.15, -0.1) is 4.33 Å². The van der Waals surface area contributed by atoms with Crippen LogP contribution in [0.1, 0.15) is 5.56 Å². The van der Waals surface area contributed by atoms with Crippen molar-refractivity contribution >= 4 is 41.8 Å². The van der Waals surface area contributed by atoms with Crippen molar-refractivity contribution in [2.75, 3.05) is 7.11 Å². The Balaban J connectivity index is 1.65. The van der Waals surface area contributed by atoms with E-state index < -0.39 is 45.3 Å². The van der Waals surface area contributed by atoms with Crippen LogP contribution in [0, 0.1) is 6.92 Å². The predicted octanol–water partition coefficient (Wildman–Crippen LogP) is 5.14. The molecule has 0 spiro atoms. The van der Waals surface area contributed by atoms with Gasteiger partial charge in [-0.05, 0) is 91.3 Å². The number of aryl methyl sites for hydroxylation is 1. The van der Waals surface area contributed by atoms with Crippen LogP contribution in [-0.2, 0) is 39.2 Å². The molecule has 4 aromatic carbocycles. The molecule has 0 radical (unpaired) electrons. The zero-order chi connectivity index (χ0) is 30.7. The van der Waals surface area contributed by atoms with E-state index in [1.807, 2.05) is 0 Å². The van der Waals surface area contributed by atoms with Crippen LogP contribution < -0.4 is 9.47 Å². The highest BCUT2D eigenvalue weighted by Gasteiger charge is 2.26. The molecule has 0 heterocycles. The topological polar surface area (TPSA) is 180 Å². The first-order chi connectivity index (χ1) is 19.8. The largest absolute Gasteiger partial charge is 0.497 e. The Morgan fingerprint density at radius 1 is 0.667 bits per heavy atom. The molecule has 0 atom stereocenters. The lowest BCUT2D eigenvalue weighted by molar-refractivity contribution is -0.432. The van der Waals surface area contributed by atoms with Crippen molar-refractivity contribution in [3.63, 3.8) is 0 Å². The van der Waals surface area contributed by atoms with E-state index in [4.69, 9.17) is 14.7 Å². The fourth-order valence-corrected chi connectivity index (χ4v) is 7.51. The molecule has 0 aliphatic heterocycles. The number of hydrogen-bond donors (Lipinski definition) is 2. The normalized spacial score (nSPS) is 12.2. The van der Waals surface area contributed by atoms with Gasteiger partial charge < -0.3 is 9.47 Å². The van der Waals surface area contributed by atoms with Crippen molar-refractivity contribution in [2.45, 2.75) is 36.3 Å². The Bertz CT molecular complexity index is 1920. The van der Waals surface area contributed by atoms with E-state index in [1.165, 1.54) is 73.8 Å². The summed E-state index contributed by atoms with van der Waals surface area (Å²) in [6.45, 7) is 1.66. The van der Waals surface area contributed by atoms with Gasteiger partial charge in [0.25, 0.3) is 10.1 Å². The summed E-state index contributed by atoms with van der Waals surface area (Å²) in [5, 5.41) is 11.9. The Morgan fingerprint density at radius 3 is 1.71 bits per heavy atom. The Labute approximate surface area is 246 Å². The average Bonchev–Trinajstić information content (AvgIpc) is 2.96. The summed E-state index contributed by atoms with van der Waals surface area (Å²) in [6, 6.07) is 17.7. The lowest BCUT2D eigenvalue weighted by Gasteiger charge is -2.13. The molecule has 0 amide bonds. The summed E-state index contributed by atoms with van der Waals surface area (Å²) in [5.41, 5.74) is 0.598. The lowest BCUT2D eigenvalue weighted by Crippen LogP contribution is -2.07. The van der Waals surface area contributed by atoms with Gasteiger partial charge >= 0.3 is 0 Å². The van der Waals surface area contributed by atoms with Gasteiger partial charge in [-0.3, -0.25) is 4.55 Å². The monoisotopic (exact) mass is 654 g/mol. The lowest BCUT2D eigenvalue weighted by atomic mass is 10.2.